The summed E-state index contributed by atoms with van der Waals surface area (Å²) in [4.78, 5) is 20.3. The van der Waals surface area contributed by atoms with Crippen molar-refractivity contribution in [3.63, 3.8) is 0 Å². The fourth-order valence-electron chi connectivity index (χ4n) is 6.02. The van der Waals surface area contributed by atoms with E-state index in [0.29, 0.717) is 17.5 Å². The van der Waals surface area contributed by atoms with E-state index in [2.05, 4.69) is 117 Å². The van der Waals surface area contributed by atoms with Crippen molar-refractivity contribution in [2.24, 2.45) is 0 Å². The van der Waals surface area contributed by atoms with Crippen molar-refractivity contribution in [2.45, 2.75) is 39.5 Å². The second-order valence-electron chi connectivity index (χ2n) is 11.4. The van der Waals surface area contributed by atoms with Gasteiger partial charge in [0.05, 0.1) is 16.6 Å². The van der Waals surface area contributed by atoms with Gasteiger partial charge in [-0.25, -0.2) is 19.9 Å². The third-order valence-corrected chi connectivity index (χ3v) is 8.29. The summed E-state index contributed by atoms with van der Waals surface area (Å²) in [6.45, 7) is 8.70. The van der Waals surface area contributed by atoms with Gasteiger partial charge in [-0.15, -0.1) is 0 Å². The van der Waals surface area contributed by atoms with E-state index in [1.54, 1.807) is 0 Å². The molecule has 43 heavy (non-hydrogen) atoms. The van der Waals surface area contributed by atoms with E-state index in [4.69, 9.17) is 19.9 Å². The van der Waals surface area contributed by atoms with E-state index in [1.165, 1.54) is 16.8 Å². The quantitative estimate of drug-likeness (QED) is 0.191. The minimum atomic E-state index is -0.216. The first-order valence-corrected chi connectivity index (χ1v) is 14.9. The van der Waals surface area contributed by atoms with Crippen LogP contribution in [-0.2, 0) is 5.41 Å². The molecular formula is C38H33N5. The summed E-state index contributed by atoms with van der Waals surface area (Å²) in [6, 6.07) is 33.4. The van der Waals surface area contributed by atoms with Gasteiger partial charge in [0.15, 0.2) is 17.5 Å². The van der Waals surface area contributed by atoms with Gasteiger partial charge >= 0.3 is 0 Å². The molecule has 3 heterocycles. The number of aromatic nitrogens is 5. The Morgan fingerprint density at radius 2 is 1.40 bits per heavy atom. The standard InChI is InChI=1S/C38H33N5/c1-5-7-14-25(6-2)26-21-23-28(24-22-26)35-40-34(27-15-9-8-10-16-27)41-36(42-35)29-17-13-20-32-33(29)39-37-38(3,4)30-18-11-12-19-31(30)43(32)37/h6-24H,5H2,1-4H3/b14-7-,25-6+. The predicted octanol–water partition coefficient (Wildman–Crippen LogP) is 9.22. The van der Waals surface area contributed by atoms with Crippen LogP contribution in [0.5, 0.6) is 0 Å². The number of hydrogen-bond donors (Lipinski definition) is 0. The number of fused-ring (bicyclic) bond motifs is 5. The Bertz CT molecular complexity index is 2030. The highest BCUT2D eigenvalue weighted by Crippen LogP contribution is 2.45. The first-order valence-electron chi connectivity index (χ1n) is 14.9. The molecule has 0 atom stereocenters. The number of hydrogen-bond acceptors (Lipinski definition) is 4. The number of para-hydroxylation sites is 2. The number of nitrogens with zero attached hydrogens (tertiary/aromatic N) is 5. The maximum Gasteiger partial charge on any atom is 0.166 e. The zero-order chi connectivity index (χ0) is 29.6. The van der Waals surface area contributed by atoms with Crippen LogP contribution in [-0.4, -0.2) is 24.5 Å². The number of allylic oxidation sites excluding steroid dienone is 4. The van der Waals surface area contributed by atoms with Gasteiger partial charge in [0.1, 0.15) is 11.3 Å². The smallest absolute Gasteiger partial charge is 0.166 e. The average Bonchev–Trinajstić information content (AvgIpc) is 3.56. The molecule has 0 fully saturated rings. The van der Waals surface area contributed by atoms with Crippen LogP contribution < -0.4 is 0 Å². The van der Waals surface area contributed by atoms with Crippen molar-refractivity contribution in [1.82, 2.24) is 24.5 Å². The zero-order valence-electron chi connectivity index (χ0n) is 24.9. The Balaban J connectivity index is 1.40. The summed E-state index contributed by atoms with van der Waals surface area (Å²) in [5, 5.41) is 0. The number of rotatable bonds is 6. The Morgan fingerprint density at radius 3 is 2.12 bits per heavy atom. The molecule has 1 aliphatic heterocycles. The highest BCUT2D eigenvalue weighted by molar-refractivity contribution is 5.93. The molecule has 0 N–H and O–H groups in total. The van der Waals surface area contributed by atoms with Gasteiger partial charge in [-0.2, -0.15) is 0 Å². The molecule has 1 aliphatic rings. The summed E-state index contributed by atoms with van der Waals surface area (Å²) in [7, 11) is 0. The van der Waals surface area contributed by atoms with E-state index in [1.807, 2.05) is 30.3 Å². The number of benzene rings is 4. The van der Waals surface area contributed by atoms with Crippen LogP contribution in [0.25, 0.3) is 56.5 Å². The molecule has 0 aliphatic carbocycles. The van der Waals surface area contributed by atoms with Crippen LogP contribution in [0, 0.1) is 0 Å². The molecule has 4 aromatic carbocycles. The van der Waals surface area contributed by atoms with E-state index < -0.39 is 0 Å². The minimum absolute atomic E-state index is 0.216. The van der Waals surface area contributed by atoms with Gasteiger partial charge < -0.3 is 0 Å². The lowest BCUT2D eigenvalue weighted by Gasteiger charge is -2.17. The van der Waals surface area contributed by atoms with Gasteiger partial charge in [-0.1, -0.05) is 104 Å². The molecule has 5 nitrogen and oxygen atoms in total. The molecule has 0 saturated carbocycles. The van der Waals surface area contributed by atoms with Crippen LogP contribution in [0.4, 0.5) is 0 Å². The molecule has 5 heteroatoms. The van der Waals surface area contributed by atoms with Crippen molar-refractivity contribution in [3.05, 3.63) is 132 Å². The van der Waals surface area contributed by atoms with E-state index in [0.717, 1.165) is 45.5 Å². The van der Waals surface area contributed by atoms with Crippen molar-refractivity contribution in [1.29, 1.82) is 0 Å². The van der Waals surface area contributed by atoms with Crippen molar-refractivity contribution < 1.29 is 0 Å². The molecule has 0 bridgehead atoms. The summed E-state index contributed by atoms with van der Waals surface area (Å²) in [5.41, 5.74) is 9.33. The second kappa shape index (κ2) is 10.6. The Labute approximate surface area is 252 Å². The SMILES string of the molecule is C/C=C(\C=C/CC)c1ccc(-c2nc(-c3ccccc3)nc(-c3cccc4c3nc3n4-c4ccccc4C3(C)C)n2)cc1. The van der Waals surface area contributed by atoms with Crippen LogP contribution >= 0.6 is 0 Å². The fourth-order valence-corrected chi connectivity index (χ4v) is 6.02. The maximum absolute atomic E-state index is 5.26. The molecule has 7 rings (SSSR count). The summed E-state index contributed by atoms with van der Waals surface area (Å²) < 4.78 is 2.29. The number of imidazole rings is 1. The molecule has 0 spiro atoms. The van der Waals surface area contributed by atoms with Gasteiger partial charge in [-0.05, 0) is 62.1 Å². The van der Waals surface area contributed by atoms with Crippen LogP contribution in [0.2, 0.25) is 0 Å². The minimum Gasteiger partial charge on any atom is -0.295 e. The molecule has 210 valence electrons. The zero-order valence-corrected chi connectivity index (χ0v) is 24.9. The van der Waals surface area contributed by atoms with Gasteiger partial charge in [0.25, 0.3) is 0 Å². The van der Waals surface area contributed by atoms with E-state index in [9.17, 15) is 0 Å². The molecule has 0 saturated heterocycles. The summed E-state index contributed by atoms with van der Waals surface area (Å²) >= 11 is 0. The third-order valence-electron chi connectivity index (χ3n) is 8.29. The second-order valence-corrected chi connectivity index (χ2v) is 11.4. The highest BCUT2D eigenvalue weighted by atomic mass is 15.1. The largest absolute Gasteiger partial charge is 0.295 e. The molecule has 0 amide bonds. The van der Waals surface area contributed by atoms with Crippen LogP contribution in [0.1, 0.15) is 51.1 Å². The van der Waals surface area contributed by atoms with Crippen molar-refractivity contribution in [2.75, 3.05) is 0 Å². The lowest BCUT2D eigenvalue weighted by Crippen LogP contribution is -2.16. The normalized spacial score (nSPS) is 13.9. The highest BCUT2D eigenvalue weighted by Gasteiger charge is 2.39. The predicted molar refractivity (Wildman–Crippen MR) is 176 cm³/mol. The van der Waals surface area contributed by atoms with Gasteiger partial charge in [0, 0.05) is 16.7 Å². The fraction of sp³-hybridized carbons (Fsp3) is 0.158. The molecule has 0 unspecified atom stereocenters. The monoisotopic (exact) mass is 559 g/mol. The third kappa shape index (κ3) is 4.49. The molecule has 0 radical (unpaired) electrons. The van der Waals surface area contributed by atoms with Gasteiger partial charge in [0.2, 0.25) is 0 Å². The average molecular weight is 560 g/mol. The Hall–Kier alpha value is -5.16. The first-order chi connectivity index (χ1) is 21.0. The van der Waals surface area contributed by atoms with Crippen LogP contribution in [0.3, 0.4) is 0 Å². The van der Waals surface area contributed by atoms with E-state index in [-0.39, 0.29) is 5.41 Å². The van der Waals surface area contributed by atoms with Gasteiger partial charge in [-0.3, -0.25) is 4.57 Å². The lowest BCUT2D eigenvalue weighted by molar-refractivity contribution is 0.621. The first kappa shape index (κ1) is 26.7. The Kier molecular flexibility index (Phi) is 6.58. The maximum atomic E-state index is 5.26. The Morgan fingerprint density at radius 1 is 0.721 bits per heavy atom. The summed E-state index contributed by atoms with van der Waals surface area (Å²) in [6.07, 6.45) is 7.49. The lowest BCUT2D eigenvalue weighted by atomic mass is 9.86. The molecular weight excluding hydrogens is 526 g/mol. The van der Waals surface area contributed by atoms with Crippen molar-refractivity contribution >= 4 is 16.6 Å². The van der Waals surface area contributed by atoms with Crippen molar-refractivity contribution in [3.8, 4) is 39.9 Å². The summed E-state index contributed by atoms with van der Waals surface area (Å²) in [5.74, 6) is 2.91. The topological polar surface area (TPSA) is 56.5 Å². The molecule has 2 aromatic heterocycles. The van der Waals surface area contributed by atoms with E-state index >= 15 is 0 Å². The molecule has 6 aromatic rings. The van der Waals surface area contributed by atoms with Crippen LogP contribution in [0.15, 0.2) is 115 Å².